The van der Waals surface area contributed by atoms with Gasteiger partial charge in [-0.1, -0.05) is 54.1 Å². The molecule has 0 aliphatic carbocycles. The van der Waals surface area contributed by atoms with Crippen molar-refractivity contribution in [1.82, 2.24) is 15.1 Å². The number of benzene rings is 2. The average Bonchev–Trinajstić information content (AvgIpc) is 3.03. The van der Waals surface area contributed by atoms with Crippen LogP contribution in [0.15, 0.2) is 60.8 Å². The molecule has 3 N–H and O–H groups in total. The molecular weight excluding hydrogens is 364 g/mol. The van der Waals surface area contributed by atoms with Gasteiger partial charge in [0.25, 0.3) is 5.91 Å². The van der Waals surface area contributed by atoms with Crippen molar-refractivity contribution in [3.05, 3.63) is 76.9 Å². The third-order valence-corrected chi connectivity index (χ3v) is 4.43. The van der Waals surface area contributed by atoms with E-state index >= 15 is 0 Å². The molecule has 1 aromatic heterocycles. The molecule has 0 saturated carbocycles. The highest BCUT2D eigenvalue weighted by Crippen LogP contribution is 2.25. The lowest BCUT2D eigenvalue weighted by Crippen LogP contribution is -2.32. The van der Waals surface area contributed by atoms with Crippen molar-refractivity contribution in [2.45, 2.75) is 12.5 Å². The van der Waals surface area contributed by atoms with E-state index in [4.69, 9.17) is 17.3 Å². The molecule has 3 rings (SSSR count). The second-order valence-electron chi connectivity index (χ2n) is 6.15. The van der Waals surface area contributed by atoms with Crippen molar-refractivity contribution in [3.63, 3.8) is 0 Å². The van der Waals surface area contributed by atoms with E-state index in [1.807, 2.05) is 30.3 Å². The molecule has 0 saturated heterocycles. The highest BCUT2D eigenvalue weighted by Gasteiger charge is 2.22. The van der Waals surface area contributed by atoms with E-state index in [2.05, 4.69) is 10.4 Å². The fourth-order valence-corrected chi connectivity index (χ4v) is 3.15. The number of nitrogens with two attached hydrogens (primary N) is 1. The predicted octanol–water partition coefficient (Wildman–Crippen LogP) is 3.09. The summed E-state index contributed by atoms with van der Waals surface area (Å²) in [7, 11) is 1.77. The molecule has 0 fully saturated rings. The summed E-state index contributed by atoms with van der Waals surface area (Å²) in [6.07, 6.45) is 1.48. The Labute approximate surface area is 161 Å². The van der Waals surface area contributed by atoms with Gasteiger partial charge in [-0.05, 0) is 17.7 Å². The van der Waals surface area contributed by atoms with Gasteiger partial charge in [0.2, 0.25) is 5.91 Å². The van der Waals surface area contributed by atoms with Crippen molar-refractivity contribution >= 4 is 23.4 Å². The first-order valence-electron chi connectivity index (χ1n) is 8.37. The zero-order chi connectivity index (χ0) is 19.4. The van der Waals surface area contributed by atoms with Crippen LogP contribution in [0, 0.1) is 0 Å². The molecule has 0 bridgehead atoms. The van der Waals surface area contributed by atoms with Crippen LogP contribution in [0.25, 0.3) is 11.3 Å². The van der Waals surface area contributed by atoms with Gasteiger partial charge >= 0.3 is 0 Å². The Bertz CT molecular complexity index is 969. The van der Waals surface area contributed by atoms with E-state index in [-0.39, 0.29) is 12.3 Å². The average molecular weight is 383 g/mol. The third kappa shape index (κ3) is 4.35. The minimum Gasteiger partial charge on any atom is -0.370 e. The van der Waals surface area contributed by atoms with Crippen LogP contribution in [-0.2, 0) is 11.8 Å². The number of nitrogens with zero attached hydrogens (tertiary/aromatic N) is 2. The summed E-state index contributed by atoms with van der Waals surface area (Å²) in [5, 5.41) is 7.61. The SMILES string of the molecule is Cn1ncc(C(=O)N[C@@H](CC(N)=O)c2cccc(Cl)c2)c1-c1ccccc1. The summed E-state index contributed by atoms with van der Waals surface area (Å²) in [4.78, 5) is 24.5. The third-order valence-electron chi connectivity index (χ3n) is 4.19. The molecule has 27 heavy (non-hydrogen) atoms. The summed E-state index contributed by atoms with van der Waals surface area (Å²) < 4.78 is 1.65. The standard InChI is InChI=1S/C20H19ClN4O2/c1-25-19(13-6-3-2-4-7-13)16(12-23-25)20(27)24-17(11-18(22)26)14-8-5-9-15(21)10-14/h2-10,12,17H,11H2,1H3,(H2,22,26)(H,24,27)/t17-/m0/s1. The Morgan fingerprint density at radius 2 is 1.93 bits per heavy atom. The van der Waals surface area contributed by atoms with Gasteiger partial charge in [0.15, 0.2) is 0 Å². The summed E-state index contributed by atoms with van der Waals surface area (Å²) in [6.45, 7) is 0. The highest BCUT2D eigenvalue weighted by atomic mass is 35.5. The van der Waals surface area contributed by atoms with Gasteiger partial charge in [0, 0.05) is 17.6 Å². The van der Waals surface area contributed by atoms with Crippen LogP contribution >= 0.6 is 11.6 Å². The van der Waals surface area contributed by atoms with Crippen LogP contribution in [0.2, 0.25) is 5.02 Å². The molecule has 0 spiro atoms. The molecule has 0 aliphatic rings. The van der Waals surface area contributed by atoms with Crippen LogP contribution in [0.5, 0.6) is 0 Å². The van der Waals surface area contributed by atoms with Gasteiger partial charge in [-0.15, -0.1) is 0 Å². The molecular formula is C20H19ClN4O2. The molecule has 3 aromatic rings. The number of primary amides is 1. The van der Waals surface area contributed by atoms with Gasteiger partial charge in [0.1, 0.15) is 0 Å². The number of aromatic nitrogens is 2. The monoisotopic (exact) mass is 382 g/mol. The normalized spacial score (nSPS) is 11.8. The van der Waals surface area contributed by atoms with Crippen LogP contribution in [0.3, 0.4) is 0 Å². The first kappa shape index (κ1) is 18.7. The maximum atomic E-state index is 13.0. The smallest absolute Gasteiger partial charge is 0.255 e. The Hall–Kier alpha value is -3.12. The van der Waals surface area contributed by atoms with Crippen molar-refractivity contribution in [3.8, 4) is 11.3 Å². The molecule has 2 aromatic carbocycles. The largest absolute Gasteiger partial charge is 0.370 e. The number of carbonyl (C=O) groups excluding carboxylic acids is 2. The zero-order valence-corrected chi connectivity index (χ0v) is 15.5. The fraction of sp³-hybridized carbons (Fsp3) is 0.150. The minimum atomic E-state index is -0.586. The number of nitrogens with one attached hydrogen (secondary N) is 1. The first-order chi connectivity index (χ1) is 13.0. The van der Waals surface area contributed by atoms with Crippen LogP contribution in [-0.4, -0.2) is 21.6 Å². The number of rotatable bonds is 6. The topological polar surface area (TPSA) is 90.0 Å². The van der Waals surface area contributed by atoms with Gasteiger partial charge in [0.05, 0.1) is 29.9 Å². The number of hydrogen-bond acceptors (Lipinski definition) is 3. The lowest BCUT2D eigenvalue weighted by Gasteiger charge is -2.18. The summed E-state index contributed by atoms with van der Waals surface area (Å²) in [6, 6.07) is 15.9. The second kappa shape index (κ2) is 8.05. The minimum absolute atomic E-state index is 0.0347. The maximum Gasteiger partial charge on any atom is 0.255 e. The Morgan fingerprint density at radius 3 is 2.59 bits per heavy atom. The zero-order valence-electron chi connectivity index (χ0n) is 14.7. The Morgan fingerprint density at radius 1 is 1.19 bits per heavy atom. The second-order valence-corrected chi connectivity index (χ2v) is 6.58. The molecule has 1 atom stereocenters. The van der Waals surface area contributed by atoms with E-state index in [1.54, 1.807) is 36.0 Å². The Kier molecular flexibility index (Phi) is 5.57. The number of hydrogen-bond donors (Lipinski definition) is 2. The van der Waals surface area contributed by atoms with Crippen molar-refractivity contribution in [2.24, 2.45) is 12.8 Å². The van der Waals surface area contributed by atoms with Crippen LogP contribution in [0.4, 0.5) is 0 Å². The maximum absolute atomic E-state index is 13.0. The number of aryl methyl sites for hydroxylation is 1. The molecule has 2 amide bonds. The van der Waals surface area contributed by atoms with E-state index < -0.39 is 11.9 Å². The molecule has 0 aliphatic heterocycles. The van der Waals surface area contributed by atoms with Gasteiger partial charge in [-0.2, -0.15) is 5.10 Å². The first-order valence-corrected chi connectivity index (χ1v) is 8.75. The van der Waals surface area contributed by atoms with E-state index in [9.17, 15) is 9.59 Å². The number of halogens is 1. The molecule has 0 unspecified atom stereocenters. The summed E-state index contributed by atoms with van der Waals surface area (Å²) >= 11 is 6.05. The highest BCUT2D eigenvalue weighted by molar-refractivity contribution is 6.30. The fourth-order valence-electron chi connectivity index (χ4n) is 2.95. The van der Waals surface area contributed by atoms with E-state index in [0.29, 0.717) is 21.8 Å². The summed E-state index contributed by atoms with van der Waals surface area (Å²) in [5.41, 5.74) is 8.06. The van der Waals surface area contributed by atoms with Crippen LogP contribution < -0.4 is 11.1 Å². The summed E-state index contributed by atoms with van der Waals surface area (Å²) in [5.74, 6) is -0.858. The Balaban J connectivity index is 1.92. The lowest BCUT2D eigenvalue weighted by atomic mass is 10.0. The molecule has 6 nitrogen and oxygen atoms in total. The van der Waals surface area contributed by atoms with Gasteiger partial charge in [-0.3, -0.25) is 14.3 Å². The quantitative estimate of drug-likeness (QED) is 0.686. The van der Waals surface area contributed by atoms with Crippen molar-refractivity contribution in [1.29, 1.82) is 0 Å². The molecule has 7 heteroatoms. The van der Waals surface area contributed by atoms with Crippen molar-refractivity contribution in [2.75, 3.05) is 0 Å². The number of carbonyl (C=O) groups is 2. The van der Waals surface area contributed by atoms with E-state index in [0.717, 1.165) is 5.56 Å². The lowest BCUT2D eigenvalue weighted by molar-refractivity contribution is -0.118. The predicted molar refractivity (Wildman–Crippen MR) is 104 cm³/mol. The number of amides is 2. The van der Waals surface area contributed by atoms with Crippen LogP contribution in [0.1, 0.15) is 28.4 Å². The molecule has 138 valence electrons. The van der Waals surface area contributed by atoms with E-state index in [1.165, 1.54) is 6.20 Å². The van der Waals surface area contributed by atoms with Gasteiger partial charge < -0.3 is 11.1 Å². The molecule has 1 heterocycles. The van der Waals surface area contributed by atoms with Gasteiger partial charge in [-0.25, -0.2) is 0 Å². The van der Waals surface area contributed by atoms with Crippen molar-refractivity contribution < 1.29 is 9.59 Å². The molecule has 0 radical (unpaired) electrons.